The Labute approximate surface area is 123 Å². The van der Waals surface area contributed by atoms with E-state index in [1.807, 2.05) is 0 Å². The van der Waals surface area contributed by atoms with Gasteiger partial charge < -0.3 is 10.3 Å². The predicted molar refractivity (Wildman–Crippen MR) is 78.7 cm³/mol. The minimum atomic E-state index is -3.65. The van der Waals surface area contributed by atoms with Crippen LogP contribution in [0.1, 0.15) is 24.2 Å². The Morgan fingerprint density at radius 1 is 1.33 bits per heavy atom. The van der Waals surface area contributed by atoms with Crippen LogP contribution in [-0.4, -0.2) is 20.4 Å². The number of aromatic amines is 1. The van der Waals surface area contributed by atoms with Gasteiger partial charge in [0.15, 0.2) is 0 Å². The molecule has 1 aromatic heterocycles. The van der Waals surface area contributed by atoms with Crippen molar-refractivity contribution in [2.75, 3.05) is 7.05 Å². The van der Waals surface area contributed by atoms with E-state index in [2.05, 4.69) is 15.0 Å². The number of aromatic nitrogens is 1. The highest BCUT2D eigenvalue weighted by molar-refractivity contribution is 7.89. The highest BCUT2D eigenvalue weighted by Gasteiger charge is 2.20. The highest BCUT2D eigenvalue weighted by atomic mass is 32.2. The molecule has 0 aliphatic heterocycles. The van der Waals surface area contributed by atoms with Crippen LogP contribution in [0.15, 0.2) is 41.4 Å². The lowest BCUT2D eigenvalue weighted by molar-refractivity contribution is 0.564. The maximum absolute atomic E-state index is 13.2. The molecule has 1 atom stereocenters. The quantitative estimate of drug-likeness (QED) is 0.763. The lowest BCUT2D eigenvalue weighted by Gasteiger charge is -2.14. The van der Waals surface area contributed by atoms with Gasteiger partial charge in [0.05, 0.1) is 4.90 Å². The normalized spacial score (nSPS) is 13.3. The summed E-state index contributed by atoms with van der Waals surface area (Å²) in [4.78, 5) is 3.06. The minimum absolute atomic E-state index is 0.163. The van der Waals surface area contributed by atoms with Crippen LogP contribution >= 0.6 is 0 Å². The van der Waals surface area contributed by atoms with Gasteiger partial charge in [-0.2, -0.15) is 0 Å². The van der Waals surface area contributed by atoms with Crippen molar-refractivity contribution in [1.29, 1.82) is 0 Å². The zero-order valence-corrected chi connectivity index (χ0v) is 12.7. The Bertz CT molecular complexity index is 713. The van der Waals surface area contributed by atoms with E-state index >= 15 is 0 Å². The molecule has 1 aromatic carbocycles. The SMILES string of the molecule is CNCc1cc(S(=O)(=O)NC(C)c2cccc(F)c2)c[nH]1. The number of nitrogens with one attached hydrogen (secondary N) is 3. The predicted octanol–water partition coefficient (Wildman–Crippen LogP) is 1.91. The lowest BCUT2D eigenvalue weighted by Crippen LogP contribution is -2.26. The monoisotopic (exact) mass is 311 g/mol. The molecular formula is C14H18FN3O2S. The van der Waals surface area contributed by atoms with Crippen LogP contribution in [0.2, 0.25) is 0 Å². The Hall–Kier alpha value is -1.70. The second-order valence-corrected chi connectivity index (χ2v) is 6.50. The van der Waals surface area contributed by atoms with Crippen LogP contribution in [0, 0.1) is 5.82 Å². The van der Waals surface area contributed by atoms with Gasteiger partial charge in [-0.3, -0.25) is 0 Å². The topological polar surface area (TPSA) is 74.0 Å². The van der Waals surface area contributed by atoms with Crippen LogP contribution < -0.4 is 10.0 Å². The van der Waals surface area contributed by atoms with E-state index in [1.54, 1.807) is 32.2 Å². The third-order valence-corrected chi connectivity index (χ3v) is 4.59. The molecule has 0 saturated carbocycles. The average Bonchev–Trinajstić information content (AvgIpc) is 2.88. The molecule has 1 heterocycles. The number of hydrogen-bond donors (Lipinski definition) is 3. The van der Waals surface area contributed by atoms with Crippen LogP contribution in [0.5, 0.6) is 0 Å². The van der Waals surface area contributed by atoms with E-state index in [-0.39, 0.29) is 4.90 Å². The van der Waals surface area contributed by atoms with Crippen molar-refractivity contribution >= 4 is 10.0 Å². The van der Waals surface area contributed by atoms with Crippen molar-refractivity contribution in [1.82, 2.24) is 15.0 Å². The fraction of sp³-hybridized carbons (Fsp3) is 0.286. The van der Waals surface area contributed by atoms with Gasteiger partial charge in [-0.1, -0.05) is 12.1 Å². The summed E-state index contributed by atoms with van der Waals surface area (Å²) >= 11 is 0. The molecule has 0 fully saturated rings. The standard InChI is InChI=1S/C14H18FN3O2S/c1-10(11-4-3-5-12(15)6-11)18-21(19,20)14-7-13(8-16-2)17-9-14/h3-7,9-10,16-18H,8H2,1-2H3. The zero-order chi connectivity index (χ0) is 15.5. The molecule has 2 rings (SSSR count). The summed E-state index contributed by atoms with van der Waals surface area (Å²) in [7, 11) is -1.87. The number of sulfonamides is 1. The largest absolute Gasteiger partial charge is 0.363 e. The molecule has 7 heteroatoms. The van der Waals surface area contributed by atoms with Crippen LogP contribution in [0.4, 0.5) is 4.39 Å². The molecule has 0 saturated heterocycles. The summed E-state index contributed by atoms with van der Waals surface area (Å²) in [6.07, 6.45) is 1.44. The van der Waals surface area contributed by atoms with Gasteiger partial charge in [-0.15, -0.1) is 0 Å². The summed E-state index contributed by atoms with van der Waals surface area (Å²) in [6.45, 7) is 2.22. The van der Waals surface area contributed by atoms with E-state index < -0.39 is 21.9 Å². The number of hydrogen-bond acceptors (Lipinski definition) is 3. The molecule has 1 unspecified atom stereocenters. The Kier molecular flexibility index (Phi) is 4.76. The fourth-order valence-electron chi connectivity index (χ4n) is 2.01. The third kappa shape index (κ3) is 3.90. The molecule has 2 aromatic rings. The van der Waals surface area contributed by atoms with E-state index in [1.165, 1.54) is 18.3 Å². The van der Waals surface area contributed by atoms with Crippen LogP contribution in [0.3, 0.4) is 0 Å². The maximum atomic E-state index is 13.2. The second kappa shape index (κ2) is 6.38. The molecule has 0 amide bonds. The van der Waals surface area contributed by atoms with Crippen LogP contribution in [-0.2, 0) is 16.6 Å². The Morgan fingerprint density at radius 3 is 2.76 bits per heavy atom. The summed E-state index contributed by atoms with van der Waals surface area (Å²) in [5.74, 6) is -0.392. The molecule has 5 nitrogen and oxygen atoms in total. The van der Waals surface area contributed by atoms with Crippen molar-refractivity contribution < 1.29 is 12.8 Å². The van der Waals surface area contributed by atoms with Crippen LogP contribution in [0.25, 0.3) is 0 Å². The average molecular weight is 311 g/mol. The van der Waals surface area contributed by atoms with E-state index in [0.717, 1.165) is 5.69 Å². The maximum Gasteiger partial charge on any atom is 0.242 e. The van der Waals surface area contributed by atoms with Gasteiger partial charge in [0.25, 0.3) is 0 Å². The summed E-state index contributed by atoms with van der Waals surface area (Å²) in [6, 6.07) is 6.92. The van der Waals surface area contributed by atoms with Gasteiger partial charge in [0, 0.05) is 24.5 Å². The van der Waals surface area contributed by atoms with Gasteiger partial charge in [-0.05, 0) is 37.7 Å². The molecule has 3 N–H and O–H groups in total. The number of halogens is 1. The first-order chi connectivity index (χ1) is 9.92. The first kappa shape index (κ1) is 15.7. The molecular weight excluding hydrogens is 293 g/mol. The molecule has 114 valence electrons. The lowest BCUT2D eigenvalue weighted by atomic mass is 10.1. The smallest absolute Gasteiger partial charge is 0.242 e. The van der Waals surface area contributed by atoms with E-state index in [0.29, 0.717) is 12.1 Å². The second-order valence-electron chi connectivity index (χ2n) is 4.79. The van der Waals surface area contributed by atoms with Gasteiger partial charge >= 0.3 is 0 Å². The Balaban J connectivity index is 2.16. The molecule has 0 aliphatic carbocycles. The van der Waals surface area contributed by atoms with Gasteiger partial charge in [-0.25, -0.2) is 17.5 Å². The van der Waals surface area contributed by atoms with Crippen molar-refractivity contribution in [3.05, 3.63) is 53.6 Å². The van der Waals surface area contributed by atoms with Crippen molar-refractivity contribution in [2.24, 2.45) is 0 Å². The molecule has 21 heavy (non-hydrogen) atoms. The highest BCUT2D eigenvalue weighted by Crippen LogP contribution is 2.18. The van der Waals surface area contributed by atoms with Gasteiger partial charge in [0.1, 0.15) is 5.82 Å². The van der Waals surface area contributed by atoms with Crippen molar-refractivity contribution in [2.45, 2.75) is 24.4 Å². The number of benzene rings is 1. The van der Waals surface area contributed by atoms with Crippen molar-refractivity contribution in [3.8, 4) is 0 Å². The molecule has 0 spiro atoms. The van der Waals surface area contributed by atoms with E-state index in [9.17, 15) is 12.8 Å². The van der Waals surface area contributed by atoms with E-state index in [4.69, 9.17) is 0 Å². The summed E-state index contributed by atoms with van der Waals surface area (Å²) in [5.41, 5.74) is 1.35. The first-order valence-corrected chi connectivity index (χ1v) is 8.00. The van der Waals surface area contributed by atoms with Crippen molar-refractivity contribution in [3.63, 3.8) is 0 Å². The fourth-order valence-corrected chi connectivity index (χ4v) is 3.26. The Morgan fingerprint density at radius 2 is 2.10 bits per heavy atom. The first-order valence-electron chi connectivity index (χ1n) is 6.52. The number of H-pyrrole nitrogens is 1. The molecule has 0 radical (unpaired) electrons. The van der Waals surface area contributed by atoms with Gasteiger partial charge in [0.2, 0.25) is 10.0 Å². The molecule has 0 bridgehead atoms. The molecule has 0 aliphatic rings. The number of rotatable bonds is 6. The summed E-state index contributed by atoms with van der Waals surface area (Å²) < 4.78 is 40.3. The summed E-state index contributed by atoms with van der Waals surface area (Å²) in [5, 5.41) is 2.93. The zero-order valence-electron chi connectivity index (χ0n) is 11.9. The minimum Gasteiger partial charge on any atom is -0.363 e. The third-order valence-electron chi connectivity index (χ3n) is 3.07.